The van der Waals surface area contributed by atoms with Gasteiger partial charge in [0.2, 0.25) is 45.1 Å². The molecule has 14 amide bonds. The second-order valence-corrected chi connectivity index (χ2v) is 33.9. The highest BCUT2D eigenvalue weighted by molar-refractivity contribution is 6.67. The summed E-state index contributed by atoms with van der Waals surface area (Å²) < 4.78 is 70.5. The van der Waals surface area contributed by atoms with Crippen LogP contribution < -0.4 is 42.5 Å². The molecule has 3 fully saturated rings. The third-order valence-electron chi connectivity index (χ3n) is 19.8. The quantitative estimate of drug-likeness (QED) is 0.0238. The summed E-state index contributed by atoms with van der Waals surface area (Å²) in [7, 11) is 0. The van der Waals surface area contributed by atoms with Crippen molar-refractivity contribution < 1.29 is 158 Å². The number of carbonyl (C=O) groups excluding carboxylic acids is 17. The third kappa shape index (κ3) is 67.1. The predicted molar refractivity (Wildman–Crippen MR) is 478 cm³/mol. The van der Waals surface area contributed by atoms with E-state index in [2.05, 4.69) is 42.5 Å². The highest BCUT2D eigenvalue weighted by Crippen LogP contribution is 2.26. The second kappa shape index (κ2) is 78.8. The van der Waals surface area contributed by atoms with E-state index in [0.29, 0.717) is 178 Å². The fourth-order valence-electron chi connectivity index (χ4n) is 12.6. The van der Waals surface area contributed by atoms with E-state index in [1.54, 1.807) is 0 Å². The first-order chi connectivity index (χ1) is 64.7. The normalized spacial score (nSPS) is 13.4. The lowest BCUT2D eigenvalue weighted by molar-refractivity contribution is -0.198. The lowest BCUT2D eigenvalue weighted by Crippen LogP contribution is -2.58. The molecule has 0 aromatic carbocycles. The Morgan fingerprint density at radius 2 is 0.448 bits per heavy atom. The molecule has 3 saturated heterocycles. The van der Waals surface area contributed by atoms with E-state index < -0.39 is 75.4 Å². The number of alkyl halides is 3. The van der Waals surface area contributed by atoms with Crippen molar-refractivity contribution in [2.75, 3.05) is 211 Å². The Kier molecular flexibility index (Phi) is 70.5. The van der Waals surface area contributed by atoms with Crippen molar-refractivity contribution in [3.8, 4) is 0 Å². The molecular weight excluding hydrogens is 1830 g/mol. The summed E-state index contributed by atoms with van der Waals surface area (Å²) >= 11 is 17.0. The molecule has 0 bridgehead atoms. The molecule has 3 aliphatic heterocycles. The summed E-state index contributed by atoms with van der Waals surface area (Å²) in [6.45, 7) is 5.58. The largest absolute Gasteiger partial charge is 0.445 e. The lowest BCUT2D eigenvalue weighted by atomic mass is 10.0. The molecule has 3 rings (SSSR count). The summed E-state index contributed by atoms with van der Waals surface area (Å²) in [5.41, 5.74) is -1.35. The number of rotatable bonds is 88. The number of ether oxygens (including phenoxy) is 13. The number of hydroxylamine groups is 6. The molecule has 0 aliphatic carbocycles. The SMILES string of the molecule is O=C(CCCCCCCNC(=O)CCOCC(COCCC(=O)NCCCCCCCC(=O)NCCOCCOCCOCCC(=O)ON1C(=O)CCC1=O)(COCCC(=O)NCCCCCCCC(=O)NCCOCCOCCOCCC(=O)ON1C(=O)CCC1=O)NC(=O)CCCCCCCNC(=O)OCC(Cl)(Cl)Cl)NCCOCCOCCOCCC(=O)ON1C(=O)CCC1=O. The zero-order valence-electron chi connectivity index (χ0n) is 77.5. The maximum absolute atomic E-state index is 14.0. The number of amides is 14. The van der Waals surface area contributed by atoms with Crippen LogP contribution in [-0.4, -0.2) is 336 Å². The number of unbranched alkanes of at least 4 members (excludes halogenated alkanes) is 16. The summed E-state index contributed by atoms with van der Waals surface area (Å²) in [5.74, 6) is -6.98. The molecule has 0 atom stereocenters. The third-order valence-corrected chi connectivity index (χ3v) is 20.1. The highest BCUT2D eigenvalue weighted by Gasteiger charge is 2.37. The number of halogens is 3. The maximum Gasteiger partial charge on any atom is 0.407 e. The molecule has 0 aromatic heterocycles. The Labute approximate surface area is 798 Å². The van der Waals surface area contributed by atoms with Gasteiger partial charge in [0.15, 0.2) is 0 Å². The van der Waals surface area contributed by atoms with Gasteiger partial charge in [0.05, 0.1) is 178 Å². The minimum atomic E-state index is -1.75. The Bertz CT molecular complexity index is 3090. The van der Waals surface area contributed by atoms with Gasteiger partial charge >= 0.3 is 24.0 Å². The molecule has 134 heavy (non-hydrogen) atoms. The van der Waals surface area contributed by atoms with Gasteiger partial charge in [0, 0.05) is 129 Å². The molecule has 0 aromatic rings. The monoisotopic (exact) mass is 1980 g/mol. The lowest BCUT2D eigenvalue weighted by Gasteiger charge is -2.34. The first-order valence-electron chi connectivity index (χ1n) is 46.8. The minimum absolute atomic E-state index is 0.0103. The van der Waals surface area contributed by atoms with Gasteiger partial charge in [-0.3, -0.25) is 62.3 Å². The van der Waals surface area contributed by atoms with Crippen molar-refractivity contribution >= 4 is 136 Å². The fraction of sp³-hybridized carbons (Fsp3) is 0.805. The summed E-state index contributed by atoms with van der Waals surface area (Å²) in [5, 5.41) is 24.4. The highest BCUT2D eigenvalue weighted by atomic mass is 35.6. The van der Waals surface area contributed by atoms with Gasteiger partial charge in [-0.2, -0.15) is 0 Å². The number of nitrogens with zero attached hydrogens (tertiary/aromatic N) is 3. The van der Waals surface area contributed by atoms with Crippen molar-refractivity contribution in [2.45, 2.75) is 240 Å². The number of nitrogens with one attached hydrogen (secondary N) is 8. The molecule has 44 nitrogen and oxygen atoms in total. The molecule has 47 heteroatoms. The number of alkyl carbamates (subject to hydrolysis) is 1. The first kappa shape index (κ1) is 120. The van der Waals surface area contributed by atoms with E-state index >= 15 is 0 Å². The number of imide groups is 3. The second-order valence-electron chi connectivity index (χ2n) is 31.4. The average Bonchev–Trinajstić information content (AvgIpc) is 1.86. The summed E-state index contributed by atoms with van der Waals surface area (Å²) in [6.07, 6.45) is 15.0. The Hall–Kier alpha value is -8.22. The Morgan fingerprint density at radius 1 is 0.231 bits per heavy atom. The summed E-state index contributed by atoms with van der Waals surface area (Å²) in [4.78, 5) is 222. The van der Waals surface area contributed by atoms with Crippen LogP contribution in [0.5, 0.6) is 0 Å². The first-order valence-corrected chi connectivity index (χ1v) is 47.9. The molecular formula is C87H144Cl3N11O33. The molecule has 0 unspecified atom stereocenters. The molecule has 0 spiro atoms. The number of hydrogen-bond donors (Lipinski definition) is 8. The Morgan fingerprint density at radius 3 is 0.724 bits per heavy atom. The topological polar surface area (TPSA) is 544 Å². The minimum Gasteiger partial charge on any atom is -0.445 e. The standard InChI is InChI=1S/C87H144Cl3N11O33/c88-87(89,90)68-131-85(118)97-40-20-12-4-8-16-24-75(108)98-86(65-128-44-31-72(105)91-37-17-9-1-5-13-21-69(102)94-41-50-122-56-62-125-59-53-119-47-34-82(115)132-99-76(109)25-26-77(99)110,66-129-45-32-73(106)92-38-18-10-2-6-14-22-70(103)95-42-51-123-57-63-126-60-54-120-48-35-83(116)133-100-78(111)27-28-79(100)112)67-130-46-33-74(107)93-39-19-11-3-7-15-23-71(104)96-43-52-124-58-64-127-61-55-121-49-36-84(117)134-101-80(113)29-30-81(101)114/h1-68H2,(H,91,105)(H,92,106)(H,93,107)(H,94,102)(H,95,103)(H,96,104)(H,97,118)(H,98,108). The van der Waals surface area contributed by atoms with Crippen molar-refractivity contribution in [3.05, 3.63) is 0 Å². The predicted octanol–water partition coefficient (Wildman–Crippen LogP) is 4.36. The van der Waals surface area contributed by atoms with Crippen LogP contribution in [0, 0.1) is 0 Å². The molecule has 0 saturated carbocycles. The van der Waals surface area contributed by atoms with Crippen LogP contribution in [0.25, 0.3) is 0 Å². The van der Waals surface area contributed by atoms with E-state index in [1.807, 2.05) is 0 Å². The van der Waals surface area contributed by atoms with Gasteiger partial charge in [-0.25, -0.2) is 19.2 Å². The van der Waals surface area contributed by atoms with Crippen molar-refractivity contribution in [2.24, 2.45) is 0 Å². The van der Waals surface area contributed by atoms with Crippen LogP contribution in [-0.2, 0) is 153 Å². The van der Waals surface area contributed by atoms with Gasteiger partial charge in [-0.05, 0) is 51.4 Å². The fourth-order valence-corrected chi connectivity index (χ4v) is 12.7. The Balaban J connectivity index is 1.41. The van der Waals surface area contributed by atoms with Gasteiger partial charge in [-0.1, -0.05) is 112 Å². The van der Waals surface area contributed by atoms with Gasteiger partial charge in [-0.15, -0.1) is 15.2 Å². The molecule has 3 aliphatic rings. The van der Waals surface area contributed by atoms with E-state index in [0.717, 1.165) is 70.6 Å². The van der Waals surface area contributed by atoms with Crippen LogP contribution in [0.3, 0.4) is 0 Å². The molecule has 3 heterocycles. The van der Waals surface area contributed by atoms with Gasteiger partial charge in [0.25, 0.3) is 35.4 Å². The molecule has 8 N–H and O–H groups in total. The van der Waals surface area contributed by atoms with Crippen LogP contribution in [0.4, 0.5) is 4.79 Å². The van der Waals surface area contributed by atoms with Crippen LogP contribution in [0.2, 0.25) is 0 Å². The van der Waals surface area contributed by atoms with Crippen LogP contribution in [0.15, 0.2) is 0 Å². The van der Waals surface area contributed by atoms with Gasteiger partial charge in [0.1, 0.15) is 12.1 Å². The van der Waals surface area contributed by atoms with Crippen molar-refractivity contribution in [3.63, 3.8) is 0 Å². The zero-order valence-corrected chi connectivity index (χ0v) is 79.8. The average molecular weight is 1980 g/mol. The molecule has 766 valence electrons. The van der Waals surface area contributed by atoms with E-state index in [9.17, 15) is 81.5 Å². The zero-order chi connectivity index (χ0) is 97.6. The summed E-state index contributed by atoms with van der Waals surface area (Å²) in [6, 6.07) is 0. The van der Waals surface area contributed by atoms with Gasteiger partial charge < -0.3 is 119 Å². The van der Waals surface area contributed by atoms with E-state index in [4.69, 9.17) is 111 Å². The number of carbonyl (C=O) groups is 17. The van der Waals surface area contributed by atoms with Crippen molar-refractivity contribution in [1.82, 2.24) is 57.7 Å². The maximum atomic E-state index is 14.0. The molecule has 0 radical (unpaired) electrons. The van der Waals surface area contributed by atoms with Crippen LogP contribution in [0.1, 0.15) is 231 Å². The van der Waals surface area contributed by atoms with Crippen molar-refractivity contribution in [1.29, 1.82) is 0 Å². The smallest absolute Gasteiger partial charge is 0.407 e. The number of hydrogen-bond acceptors (Lipinski definition) is 33. The van der Waals surface area contributed by atoms with Crippen LogP contribution >= 0.6 is 34.8 Å². The van der Waals surface area contributed by atoms with E-state index in [1.165, 1.54) is 0 Å². The van der Waals surface area contributed by atoms with E-state index in [-0.39, 0.29) is 244 Å².